The molecule has 0 saturated heterocycles. The molecular weight excluding hydrogens is 358 g/mol. The highest BCUT2D eigenvalue weighted by Crippen LogP contribution is 2.24. The van der Waals surface area contributed by atoms with Crippen molar-refractivity contribution in [2.24, 2.45) is 0 Å². The van der Waals surface area contributed by atoms with Gasteiger partial charge < -0.3 is 9.88 Å². The number of carbonyl (C=O) groups excluding carboxylic acids is 1. The maximum absolute atomic E-state index is 12.7. The van der Waals surface area contributed by atoms with Crippen molar-refractivity contribution < 1.29 is 4.79 Å². The second-order valence-electron chi connectivity index (χ2n) is 7.54. The zero-order valence-corrected chi connectivity index (χ0v) is 17.0. The van der Waals surface area contributed by atoms with Gasteiger partial charge in [-0.3, -0.25) is 4.79 Å². The molecule has 1 atom stereocenters. The van der Waals surface area contributed by atoms with E-state index in [1.54, 1.807) is 0 Å². The van der Waals surface area contributed by atoms with E-state index in [0.717, 1.165) is 23.4 Å². The molecule has 1 heterocycles. The van der Waals surface area contributed by atoms with Crippen LogP contribution in [0.2, 0.25) is 0 Å². The maximum Gasteiger partial charge on any atom is 0.251 e. The number of hydrogen-bond donors (Lipinski definition) is 1. The monoisotopic (exact) mass is 383 g/mol. The molecule has 4 nitrogen and oxygen atoms in total. The highest BCUT2D eigenvalue weighted by Gasteiger charge is 2.19. The third-order valence-corrected chi connectivity index (χ3v) is 5.29. The molecule has 146 valence electrons. The van der Waals surface area contributed by atoms with Crippen LogP contribution in [0.5, 0.6) is 0 Å². The molecule has 1 aromatic heterocycles. The summed E-state index contributed by atoms with van der Waals surface area (Å²) in [5.41, 5.74) is 6.41. The van der Waals surface area contributed by atoms with Gasteiger partial charge in [0.25, 0.3) is 5.91 Å². The summed E-state index contributed by atoms with van der Waals surface area (Å²) in [7, 11) is 0. The van der Waals surface area contributed by atoms with E-state index >= 15 is 0 Å². The zero-order chi connectivity index (χ0) is 20.4. The first kappa shape index (κ1) is 18.9. The fourth-order valence-electron chi connectivity index (χ4n) is 3.67. The summed E-state index contributed by atoms with van der Waals surface area (Å²) in [5.74, 6) is 0.764. The average Bonchev–Trinajstić information content (AvgIpc) is 3.10. The van der Waals surface area contributed by atoms with E-state index in [-0.39, 0.29) is 11.9 Å². The van der Waals surface area contributed by atoms with Gasteiger partial charge in [-0.2, -0.15) is 0 Å². The zero-order valence-electron chi connectivity index (χ0n) is 17.0. The minimum atomic E-state index is -0.222. The molecule has 29 heavy (non-hydrogen) atoms. The van der Waals surface area contributed by atoms with Crippen LogP contribution in [0, 0.1) is 13.8 Å². The van der Waals surface area contributed by atoms with Crippen molar-refractivity contribution in [2.75, 3.05) is 0 Å². The van der Waals surface area contributed by atoms with Gasteiger partial charge in [-0.25, -0.2) is 4.98 Å². The number of amides is 1. The van der Waals surface area contributed by atoms with Crippen LogP contribution < -0.4 is 5.32 Å². The number of aromatic nitrogens is 2. The van der Waals surface area contributed by atoms with Crippen molar-refractivity contribution in [1.82, 2.24) is 14.9 Å². The van der Waals surface area contributed by atoms with Crippen LogP contribution in [-0.4, -0.2) is 15.5 Å². The smallest absolute Gasteiger partial charge is 0.251 e. The Morgan fingerprint density at radius 1 is 1.00 bits per heavy atom. The van der Waals surface area contributed by atoms with Crippen molar-refractivity contribution in [2.45, 2.75) is 33.4 Å². The number of imidazole rings is 1. The van der Waals surface area contributed by atoms with Crippen LogP contribution in [0.3, 0.4) is 0 Å². The number of carbonyl (C=O) groups is 1. The number of aryl methyl sites for hydroxylation is 2. The Hall–Kier alpha value is -3.40. The lowest BCUT2D eigenvalue weighted by molar-refractivity contribution is 0.0938. The molecule has 0 unspecified atom stereocenters. The number of fused-ring (bicyclic) bond motifs is 1. The van der Waals surface area contributed by atoms with Crippen LogP contribution in [0.15, 0.2) is 72.8 Å². The van der Waals surface area contributed by atoms with Gasteiger partial charge in [-0.1, -0.05) is 54.1 Å². The van der Waals surface area contributed by atoms with Crippen molar-refractivity contribution in [3.8, 4) is 0 Å². The predicted molar refractivity (Wildman–Crippen MR) is 117 cm³/mol. The number of nitrogens with zero attached hydrogens (tertiary/aromatic N) is 2. The lowest BCUT2D eigenvalue weighted by atomic mass is 10.1. The largest absolute Gasteiger partial charge is 0.342 e. The second kappa shape index (κ2) is 7.92. The van der Waals surface area contributed by atoms with Gasteiger partial charge >= 0.3 is 0 Å². The molecule has 0 radical (unpaired) electrons. The predicted octanol–water partition coefficient (Wildman–Crippen LogP) is 5.19. The Morgan fingerprint density at radius 3 is 2.52 bits per heavy atom. The molecular formula is C25H25N3O. The first-order chi connectivity index (χ1) is 14.0. The van der Waals surface area contributed by atoms with Crippen LogP contribution in [-0.2, 0) is 6.54 Å². The summed E-state index contributed by atoms with van der Waals surface area (Å²) < 4.78 is 2.22. The Bertz CT molecular complexity index is 1160. The van der Waals surface area contributed by atoms with E-state index in [0.29, 0.717) is 5.56 Å². The minimum Gasteiger partial charge on any atom is -0.342 e. The normalized spacial score (nSPS) is 12.1. The van der Waals surface area contributed by atoms with Crippen LogP contribution >= 0.6 is 0 Å². The van der Waals surface area contributed by atoms with Gasteiger partial charge in [0.2, 0.25) is 0 Å². The van der Waals surface area contributed by atoms with Crippen molar-refractivity contribution in [3.05, 3.63) is 101 Å². The molecule has 0 aliphatic carbocycles. The summed E-state index contributed by atoms with van der Waals surface area (Å²) in [6.07, 6.45) is 0. The topological polar surface area (TPSA) is 46.9 Å². The average molecular weight is 383 g/mol. The third-order valence-electron chi connectivity index (χ3n) is 5.29. The highest BCUT2D eigenvalue weighted by atomic mass is 16.1. The van der Waals surface area contributed by atoms with E-state index in [2.05, 4.69) is 48.0 Å². The third kappa shape index (κ3) is 3.92. The molecule has 0 bridgehead atoms. The second-order valence-corrected chi connectivity index (χ2v) is 7.54. The molecule has 4 heteroatoms. The number of hydrogen-bond acceptors (Lipinski definition) is 2. The minimum absolute atomic E-state index is 0.0940. The molecule has 0 saturated carbocycles. The quantitative estimate of drug-likeness (QED) is 0.515. The Labute approximate surface area is 171 Å². The summed E-state index contributed by atoms with van der Waals surface area (Å²) in [6, 6.07) is 23.7. The number of rotatable bonds is 5. The van der Waals surface area contributed by atoms with Crippen molar-refractivity contribution >= 4 is 16.9 Å². The number of benzene rings is 3. The molecule has 3 aromatic carbocycles. The van der Waals surface area contributed by atoms with Crippen LogP contribution in [0.25, 0.3) is 11.0 Å². The molecule has 0 aliphatic heterocycles. The first-order valence-corrected chi connectivity index (χ1v) is 9.90. The summed E-state index contributed by atoms with van der Waals surface area (Å²) >= 11 is 0. The fraction of sp³-hybridized carbons (Fsp3) is 0.200. The van der Waals surface area contributed by atoms with E-state index in [9.17, 15) is 4.79 Å². The van der Waals surface area contributed by atoms with Gasteiger partial charge in [-0.05, 0) is 56.2 Å². The van der Waals surface area contributed by atoms with Crippen LogP contribution in [0.4, 0.5) is 0 Å². The van der Waals surface area contributed by atoms with E-state index in [1.165, 1.54) is 16.7 Å². The molecule has 0 aliphatic rings. The van der Waals surface area contributed by atoms with Crippen LogP contribution in [0.1, 0.15) is 45.8 Å². The number of para-hydroxylation sites is 2. The highest BCUT2D eigenvalue weighted by molar-refractivity contribution is 5.94. The van der Waals surface area contributed by atoms with E-state index < -0.39 is 0 Å². The Kier molecular flexibility index (Phi) is 5.17. The van der Waals surface area contributed by atoms with Gasteiger partial charge in [0, 0.05) is 12.1 Å². The SMILES string of the molecule is Cc1ccc(C)c(Cn2c([C@H](C)NC(=O)c3ccccc3)nc3ccccc32)c1. The first-order valence-electron chi connectivity index (χ1n) is 9.90. The number of nitrogens with one attached hydrogen (secondary N) is 1. The van der Waals surface area contributed by atoms with Gasteiger partial charge in [-0.15, -0.1) is 0 Å². The lowest BCUT2D eigenvalue weighted by Gasteiger charge is -2.17. The Morgan fingerprint density at radius 2 is 1.72 bits per heavy atom. The van der Waals surface area contributed by atoms with Crippen molar-refractivity contribution in [1.29, 1.82) is 0 Å². The molecule has 0 spiro atoms. The summed E-state index contributed by atoms with van der Waals surface area (Å²) in [6.45, 7) is 6.95. The van der Waals surface area contributed by atoms with E-state index in [4.69, 9.17) is 4.98 Å². The summed E-state index contributed by atoms with van der Waals surface area (Å²) in [4.78, 5) is 17.5. The molecule has 4 rings (SSSR count). The summed E-state index contributed by atoms with van der Waals surface area (Å²) in [5, 5.41) is 3.10. The molecule has 4 aromatic rings. The van der Waals surface area contributed by atoms with E-state index in [1.807, 2.05) is 55.5 Å². The standard InChI is InChI=1S/C25H25N3O/c1-17-13-14-18(2)21(15-17)16-28-23-12-8-7-11-22(23)27-24(28)19(3)26-25(29)20-9-5-4-6-10-20/h4-15,19H,16H2,1-3H3,(H,26,29)/t19-/m0/s1. The molecule has 1 N–H and O–H groups in total. The fourth-order valence-corrected chi connectivity index (χ4v) is 3.67. The van der Waals surface area contributed by atoms with Gasteiger partial charge in [0.1, 0.15) is 5.82 Å². The van der Waals surface area contributed by atoms with Gasteiger partial charge in [0.05, 0.1) is 17.1 Å². The molecule has 1 amide bonds. The lowest BCUT2D eigenvalue weighted by Crippen LogP contribution is -2.28. The maximum atomic E-state index is 12.7. The Balaban J connectivity index is 1.71. The molecule has 0 fully saturated rings. The van der Waals surface area contributed by atoms with Gasteiger partial charge in [0.15, 0.2) is 0 Å². The van der Waals surface area contributed by atoms with Crippen molar-refractivity contribution in [3.63, 3.8) is 0 Å².